The van der Waals surface area contributed by atoms with Crippen molar-refractivity contribution < 1.29 is 27.4 Å². The lowest BCUT2D eigenvalue weighted by Gasteiger charge is -2.19. The number of carbonyl (C=O) groups excluding carboxylic acids is 1. The minimum atomic E-state index is -3.88. The number of aryl methyl sites for hydroxylation is 1. The SMILES string of the molecule is COc1ccccc1S(=O)(=O)Nc1cccc(O[C@@H]2CN(C(=O)c3ccccc3C)C[C@H]2OC)c1. The monoisotopic (exact) mass is 496 g/mol. The number of methoxy groups -OCH3 is 2. The lowest BCUT2D eigenvalue weighted by molar-refractivity contribution is 0.0340. The van der Waals surface area contributed by atoms with E-state index in [1.54, 1.807) is 54.5 Å². The smallest absolute Gasteiger partial charge is 0.265 e. The summed E-state index contributed by atoms with van der Waals surface area (Å²) in [5.74, 6) is 0.636. The average molecular weight is 497 g/mol. The number of hydrogen-bond acceptors (Lipinski definition) is 6. The number of anilines is 1. The lowest BCUT2D eigenvalue weighted by atomic mass is 10.1. The van der Waals surface area contributed by atoms with Gasteiger partial charge >= 0.3 is 0 Å². The largest absolute Gasteiger partial charge is 0.495 e. The fourth-order valence-corrected chi connectivity index (χ4v) is 5.31. The average Bonchev–Trinajstić information content (AvgIpc) is 3.26. The van der Waals surface area contributed by atoms with Gasteiger partial charge in [-0.25, -0.2) is 8.42 Å². The van der Waals surface area contributed by atoms with Crippen LogP contribution in [0, 0.1) is 6.92 Å². The van der Waals surface area contributed by atoms with E-state index in [1.807, 2.05) is 31.2 Å². The molecule has 1 amide bonds. The molecule has 1 saturated heterocycles. The Morgan fingerprint density at radius 2 is 1.66 bits per heavy atom. The number of likely N-dealkylation sites (tertiary alicyclic amines) is 1. The Labute approximate surface area is 205 Å². The molecule has 9 heteroatoms. The summed E-state index contributed by atoms with van der Waals surface area (Å²) in [7, 11) is -0.874. The molecule has 1 heterocycles. The van der Waals surface area contributed by atoms with E-state index in [1.165, 1.54) is 13.2 Å². The molecule has 2 atom stereocenters. The van der Waals surface area contributed by atoms with Crippen molar-refractivity contribution in [3.05, 3.63) is 83.9 Å². The van der Waals surface area contributed by atoms with Crippen LogP contribution >= 0.6 is 0 Å². The van der Waals surface area contributed by atoms with Gasteiger partial charge in [0.05, 0.1) is 25.9 Å². The minimum absolute atomic E-state index is 0.0365. The second-order valence-corrected chi connectivity index (χ2v) is 9.89. The molecule has 0 aliphatic carbocycles. The number of benzene rings is 3. The predicted molar refractivity (Wildman–Crippen MR) is 133 cm³/mol. The number of para-hydroxylation sites is 1. The van der Waals surface area contributed by atoms with Crippen LogP contribution in [-0.4, -0.2) is 58.7 Å². The van der Waals surface area contributed by atoms with Gasteiger partial charge in [0.1, 0.15) is 28.6 Å². The zero-order valence-corrected chi connectivity index (χ0v) is 20.6. The number of nitrogens with one attached hydrogen (secondary N) is 1. The van der Waals surface area contributed by atoms with Crippen LogP contribution in [-0.2, 0) is 14.8 Å². The maximum Gasteiger partial charge on any atom is 0.265 e. The van der Waals surface area contributed by atoms with E-state index in [0.717, 1.165) is 5.56 Å². The maximum atomic E-state index is 13.1. The van der Waals surface area contributed by atoms with Crippen LogP contribution in [0.1, 0.15) is 15.9 Å². The molecule has 1 fully saturated rings. The molecular formula is C26H28N2O6S. The summed E-state index contributed by atoms with van der Waals surface area (Å²) in [6, 6.07) is 20.5. The van der Waals surface area contributed by atoms with Crippen LogP contribution in [0.5, 0.6) is 11.5 Å². The highest BCUT2D eigenvalue weighted by Crippen LogP contribution is 2.28. The predicted octanol–water partition coefficient (Wildman–Crippen LogP) is 3.72. The summed E-state index contributed by atoms with van der Waals surface area (Å²) < 4.78 is 45.3. The third-order valence-corrected chi connectivity index (χ3v) is 7.33. The summed E-state index contributed by atoms with van der Waals surface area (Å²) >= 11 is 0. The topological polar surface area (TPSA) is 94.2 Å². The quantitative estimate of drug-likeness (QED) is 0.511. The standard InChI is InChI=1S/C26H28N2O6S/c1-18-9-4-5-12-21(18)26(29)28-16-23(33-3)24(17-28)34-20-11-8-10-19(15-20)27-35(30,31)25-14-7-6-13-22(25)32-2/h4-15,23-24,27H,16-17H2,1-3H3/t23-,24-/m1/s1. The highest BCUT2D eigenvalue weighted by Gasteiger charge is 2.37. The second-order valence-electron chi connectivity index (χ2n) is 8.24. The number of hydrogen-bond donors (Lipinski definition) is 1. The van der Waals surface area contributed by atoms with Crippen LogP contribution < -0.4 is 14.2 Å². The first-order chi connectivity index (χ1) is 16.8. The van der Waals surface area contributed by atoms with E-state index < -0.39 is 16.1 Å². The van der Waals surface area contributed by atoms with Crippen molar-refractivity contribution in [3.63, 3.8) is 0 Å². The first kappa shape index (κ1) is 24.6. The highest BCUT2D eigenvalue weighted by molar-refractivity contribution is 7.92. The Balaban J connectivity index is 1.49. The van der Waals surface area contributed by atoms with Gasteiger partial charge in [0.25, 0.3) is 15.9 Å². The number of carbonyl (C=O) groups is 1. The summed E-state index contributed by atoms with van der Waals surface area (Å²) in [6.45, 7) is 2.65. The number of nitrogens with zero attached hydrogens (tertiary/aromatic N) is 1. The molecule has 0 spiro atoms. The van der Waals surface area contributed by atoms with Crippen molar-refractivity contribution in [3.8, 4) is 11.5 Å². The van der Waals surface area contributed by atoms with Crippen LogP contribution in [0.25, 0.3) is 0 Å². The lowest BCUT2D eigenvalue weighted by Crippen LogP contribution is -2.32. The van der Waals surface area contributed by atoms with Gasteiger partial charge in [-0.15, -0.1) is 0 Å². The van der Waals surface area contributed by atoms with Gasteiger partial charge in [-0.1, -0.05) is 36.4 Å². The molecular weight excluding hydrogens is 468 g/mol. The maximum absolute atomic E-state index is 13.1. The Morgan fingerprint density at radius 3 is 2.40 bits per heavy atom. The Hall–Kier alpha value is -3.56. The van der Waals surface area contributed by atoms with Crippen molar-refractivity contribution >= 4 is 21.6 Å². The zero-order chi connectivity index (χ0) is 25.0. The van der Waals surface area contributed by atoms with Gasteiger partial charge < -0.3 is 19.1 Å². The molecule has 4 rings (SSSR count). The Kier molecular flexibility index (Phi) is 7.28. The van der Waals surface area contributed by atoms with Gasteiger partial charge in [0.15, 0.2) is 0 Å². The summed E-state index contributed by atoms with van der Waals surface area (Å²) in [5, 5.41) is 0. The van der Waals surface area contributed by atoms with E-state index in [2.05, 4.69) is 4.72 Å². The molecule has 35 heavy (non-hydrogen) atoms. The number of sulfonamides is 1. The van der Waals surface area contributed by atoms with Gasteiger partial charge in [-0.2, -0.15) is 0 Å². The number of ether oxygens (including phenoxy) is 3. The van der Waals surface area contributed by atoms with Gasteiger partial charge in [-0.05, 0) is 42.8 Å². The molecule has 0 unspecified atom stereocenters. The minimum Gasteiger partial charge on any atom is -0.495 e. The van der Waals surface area contributed by atoms with Gasteiger partial charge in [-0.3, -0.25) is 9.52 Å². The molecule has 8 nitrogen and oxygen atoms in total. The molecule has 0 aromatic heterocycles. The van der Waals surface area contributed by atoms with Crippen molar-refractivity contribution in [1.82, 2.24) is 4.90 Å². The summed E-state index contributed by atoms with van der Waals surface area (Å²) in [4.78, 5) is 14.8. The molecule has 0 radical (unpaired) electrons. The van der Waals surface area contributed by atoms with Crippen molar-refractivity contribution in [2.24, 2.45) is 0 Å². The number of amides is 1. The van der Waals surface area contributed by atoms with E-state index >= 15 is 0 Å². The molecule has 0 saturated carbocycles. The van der Waals surface area contributed by atoms with Crippen LogP contribution in [0.3, 0.4) is 0 Å². The van der Waals surface area contributed by atoms with Crippen molar-refractivity contribution in [2.45, 2.75) is 24.0 Å². The van der Waals surface area contributed by atoms with Gasteiger partial charge in [0, 0.05) is 18.7 Å². The Morgan fingerprint density at radius 1 is 0.943 bits per heavy atom. The van der Waals surface area contributed by atoms with Crippen LogP contribution in [0.4, 0.5) is 5.69 Å². The summed E-state index contributed by atoms with van der Waals surface area (Å²) in [5.41, 5.74) is 1.90. The first-order valence-electron chi connectivity index (χ1n) is 11.1. The highest BCUT2D eigenvalue weighted by atomic mass is 32.2. The molecule has 3 aromatic carbocycles. The van der Waals surface area contributed by atoms with Crippen LogP contribution in [0.15, 0.2) is 77.7 Å². The summed E-state index contributed by atoms with van der Waals surface area (Å²) in [6.07, 6.45) is -0.731. The molecule has 0 bridgehead atoms. The molecule has 1 aliphatic rings. The fraction of sp³-hybridized carbons (Fsp3) is 0.269. The Bertz CT molecular complexity index is 1310. The van der Waals surface area contributed by atoms with Crippen molar-refractivity contribution in [1.29, 1.82) is 0 Å². The molecule has 1 N–H and O–H groups in total. The molecule has 3 aromatic rings. The van der Waals surface area contributed by atoms with Gasteiger partial charge in [0.2, 0.25) is 0 Å². The van der Waals surface area contributed by atoms with E-state index in [0.29, 0.717) is 30.1 Å². The second kappa shape index (κ2) is 10.4. The molecule has 184 valence electrons. The van der Waals surface area contributed by atoms with Crippen LogP contribution in [0.2, 0.25) is 0 Å². The van der Waals surface area contributed by atoms with E-state index in [9.17, 15) is 13.2 Å². The van der Waals surface area contributed by atoms with E-state index in [-0.39, 0.29) is 22.7 Å². The van der Waals surface area contributed by atoms with E-state index in [4.69, 9.17) is 14.2 Å². The fourth-order valence-electron chi connectivity index (χ4n) is 4.09. The number of rotatable bonds is 8. The third kappa shape index (κ3) is 5.41. The zero-order valence-electron chi connectivity index (χ0n) is 19.8. The third-order valence-electron chi connectivity index (χ3n) is 5.91. The first-order valence-corrected chi connectivity index (χ1v) is 12.6. The van der Waals surface area contributed by atoms with Crippen molar-refractivity contribution in [2.75, 3.05) is 32.0 Å². The molecule has 1 aliphatic heterocycles. The normalized spacial score (nSPS) is 17.7.